The molecule has 0 unspecified atom stereocenters. The Morgan fingerprint density at radius 1 is 1.25 bits per heavy atom. The number of methoxy groups -OCH3 is 1. The summed E-state index contributed by atoms with van der Waals surface area (Å²) in [6.07, 6.45) is 1.54. The number of nitrogens with zero attached hydrogens (tertiary/aromatic N) is 3. The zero-order valence-corrected chi connectivity index (χ0v) is 10.6. The summed E-state index contributed by atoms with van der Waals surface area (Å²) in [6, 6.07) is 10.1. The van der Waals surface area contributed by atoms with Crippen molar-refractivity contribution in [2.24, 2.45) is 0 Å². The Balaban J connectivity index is 2.12. The van der Waals surface area contributed by atoms with Crippen LogP contribution in [0.25, 0.3) is 17.0 Å². The van der Waals surface area contributed by atoms with Crippen LogP contribution in [0.2, 0.25) is 0 Å². The number of benzene rings is 1. The monoisotopic (exact) mass is 269 g/mol. The first-order chi connectivity index (χ1) is 9.69. The summed E-state index contributed by atoms with van der Waals surface area (Å²) in [5.74, 6) is 0.0632. The number of hydrogen-bond acceptors (Lipinski definition) is 5. The molecule has 0 radical (unpaired) electrons. The van der Waals surface area contributed by atoms with Crippen molar-refractivity contribution in [1.82, 2.24) is 14.6 Å². The number of aromatic nitrogens is 3. The topological polar surface area (TPSA) is 76.7 Å². The van der Waals surface area contributed by atoms with Crippen molar-refractivity contribution >= 4 is 11.6 Å². The number of hydrogen-bond donors (Lipinski definition) is 1. The second-order valence-electron chi connectivity index (χ2n) is 4.16. The first-order valence-electron chi connectivity index (χ1n) is 5.92. The van der Waals surface area contributed by atoms with Gasteiger partial charge in [0.15, 0.2) is 11.5 Å². The van der Waals surface area contributed by atoms with E-state index in [2.05, 4.69) is 14.8 Å². The Labute approximate surface area is 114 Å². The molecule has 0 bridgehead atoms. The molecule has 3 rings (SSSR count). The third-order valence-corrected chi connectivity index (χ3v) is 2.90. The van der Waals surface area contributed by atoms with Crippen LogP contribution in [0.5, 0.6) is 5.75 Å². The van der Waals surface area contributed by atoms with Crippen LogP contribution in [0.15, 0.2) is 42.6 Å². The summed E-state index contributed by atoms with van der Waals surface area (Å²) >= 11 is 0. The van der Waals surface area contributed by atoms with E-state index in [1.165, 1.54) is 17.8 Å². The fraction of sp³-hybridized carbons (Fsp3) is 0.0714. The van der Waals surface area contributed by atoms with Crippen LogP contribution in [0.4, 0.5) is 0 Å². The number of para-hydroxylation sites is 1. The van der Waals surface area contributed by atoms with Gasteiger partial charge in [0.25, 0.3) is 0 Å². The Morgan fingerprint density at radius 3 is 2.80 bits per heavy atom. The standard InChI is InChI=1S/C14H11N3O3/c1-20-14(19)9-6-7-12-15-13(16-17(12)8-9)10-4-2-3-5-11(10)18/h2-8,18H,1H3. The Kier molecular flexibility index (Phi) is 2.83. The van der Waals surface area contributed by atoms with Crippen molar-refractivity contribution in [2.75, 3.05) is 7.11 Å². The minimum atomic E-state index is -0.438. The smallest absolute Gasteiger partial charge is 0.339 e. The summed E-state index contributed by atoms with van der Waals surface area (Å²) in [4.78, 5) is 15.8. The Morgan fingerprint density at radius 2 is 2.05 bits per heavy atom. The van der Waals surface area contributed by atoms with Gasteiger partial charge in [-0.25, -0.2) is 14.3 Å². The molecule has 0 aliphatic heterocycles. The zero-order chi connectivity index (χ0) is 14.1. The number of aromatic hydroxyl groups is 1. The molecule has 1 aromatic carbocycles. The first-order valence-corrected chi connectivity index (χ1v) is 5.92. The number of carbonyl (C=O) groups is 1. The molecule has 1 N–H and O–H groups in total. The van der Waals surface area contributed by atoms with E-state index < -0.39 is 5.97 Å². The van der Waals surface area contributed by atoms with Gasteiger partial charge in [-0.15, -0.1) is 5.10 Å². The molecule has 0 amide bonds. The molecule has 0 aliphatic rings. The number of rotatable bonds is 2. The van der Waals surface area contributed by atoms with E-state index in [1.54, 1.807) is 36.4 Å². The normalized spacial score (nSPS) is 10.7. The molecule has 6 heteroatoms. The lowest BCUT2D eigenvalue weighted by molar-refractivity contribution is 0.0600. The molecule has 100 valence electrons. The van der Waals surface area contributed by atoms with Crippen molar-refractivity contribution < 1.29 is 14.6 Å². The summed E-state index contributed by atoms with van der Waals surface area (Å²) in [5, 5.41) is 14.1. The van der Waals surface area contributed by atoms with Crippen LogP contribution >= 0.6 is 0 Å². The van der Waals surface area contributed by atoms with E-state index in [-0.39, 0.29) is 5.75 Å². The maximum Gasteiger partial charge on any atom is 0.339 e. The van der Waals surface area contributed by atoms with Gasteiger partial charge in [0.2, 0.25) is 0 Å². The van der Waals surface area contributed by atoms with E-state index in [4.69, 9.17) is 0 Å². The summed E-state index contributed by atoms with van der Waals surface area (Å²) in [5.41, 5.74) is 1.50. The Bertz CT molecular complexity index is 795. The van der Waals surface area contributed by atoms with Gasteiger partial charge >= 0.3 is 5.97 Å². The minimum absolute atomic E-state index is 0.108. The molecular formula is C14H11N3O3. The van der Waals surface area contributed by atoms with E-state index >= 15 is 0 Å². The third kappa shape index (κ3) is 1.97. The molecule has 0 atom stereocenters. The van der Waals surface area contributed by atoms with Crippen LogP contribution in [-0.2, 0) is 4.74 Å². The molecule has 0 spiro atoms. The molecule has 6 nitrogen and oxygen atoms in total. The lowest BCUT2D eigenvalue weighted by Gasteiger charge is -1.98. The molecule has 0 saturated carbocycles. The third-order valence-electron chi connectivity index (χ3n) is 2.90. The van der Waals surface area contributed by atoms with Gasteiger partial charge in [0, 0.05) is 6.20 Å². The van der Waals surface area contributed by atoms with E-state index in [1.807, 2.05) is 0 Å². The minimum Gasteiger partial charge on any atom is -0.507 e. The van der Waals surface area contributed by atoms with E-state index in [9.17, 15) is 9.90 Å². The zero-order valence-electron chi connectivity index (χ0n) is 10.6. The maximum absolute atomic E-state index is 11.5. The second-order valence-corrected chi connectivity index (χ2v) is 4.16. The second kappa shape index (κ2) is 4.65. The molecular weight excluding hydrogens is 258 g/mol. The highest BCUT2D eigenvalue weighted by atomic mass is 16.5. The Hall–Kier alpha value is -2.89. The average Bonchev–Trinajstić information content (AvgIpc) is 2.89. The molecule has 0 aliphatic carbocycles. The van der Waals surface area contributed by atoms with Gasteiger partial charge < -0.3 is 9.84 Å². The van der Waals surface area contributed by atoms with Crippen molar-refractivity contribution in [3.05, 3.63) is 48.2 Å². The summed E-state index contributed by atoms with van der Waals surface area (Å²) in [7, 11) is 1.32. The fourth-order valence-electron chi connectivity index (χ4n) is 1.90. The number of ether oxygens (including phenoxy) is 1. The maximum atomic E-state index is 11.5. The number of pyridine rings is 1. The average molecular weight is 269 g/mol. The molecule has 0 fully saturated rings. The number of esters is 1. The van der Waals surface area contributed by atoms with Crippen LogP contribution in [0, 0.1) is 0 Å². The summed E-state index contributed by atoms with van der Waals surface area (Å²) < 4.78 is 6.14. The SMILES string of the molecule is COC(=O)c1ccc2nc(-c3ccccc3O)nn2c1. The predicted molar refractivity (Wildman–Crippen MR) is 71.4 cm³/mol. The molecule has 2 aromatic heterocycles. The fourth-order valence-corrected chi connectivity index (χ4v) is 1.90. The number of phenolic OH excluding ortho intramolecular Hbond substituents is 1. The van der Waals surface area contributed by atoms with Gasteiger partial charge in [-0.3, -0.25) is 0 Å². The van der Waals surface area contributed by atoms with Gasteiger partial charge in [-0.05, 0) is 24.3 Å². The van der Waals surface area contributed by atoms with Gasteiger partial charge in [-0.1, -0.05) is 12.1 Å². The number of carbonyl (C=O) groups excluding carboxylic acids is 1. The highest BCUT2D eigenvalue weighted by Gasteiger charge is 2.12. The van der Waals surface area contributed by atoms with Crippen LogP contribution in [0.3, 0.4) is 0 Å². The highest BCUT2D eigenvalue weighted by molar-refractivity contribution is 5.89. The van der Waals surface area contributed by atoms with Gasteiger partial charge in [0.1, 0.15) is 5.75 Å². The highest BCUT2D eigenvalue weighted by Crippen LogP contribution is 2.26. The van der Waals surface area contributed by atoms with Gasteiger partial charge in [0.05, 0.1) is 18.2 Å². The largest absolute Gasteiger partial charge is 0.507 e. The summed E-state index contributed by atoms with van der Waals surface area (Å²) in [6.45, 7) is 0. The predicted octanol–water partition coefficient (Wildman–Crippen LogP) is 1.89. The van der Waals surface area contributed by atoms with Crippen molar-refractivity contribution in [3.8, 4) is 17.1 Å². The lowest BCUT2D eigenvalue weighted by Crippen LogP contribution is -2.03. The van der Waals surface area contributed by atoms with E-state index in [0.29, 0.717) is 22.6 Å². The number of fused-ring (bicyclic) bond motifs is 1. The van der Waals surface area contributed by atoms with Crippen LogP contribution < -0.4 is 0 Å². The number of phenols is 1. The van der Waals surface area contributed by atoms with E-state index in [0.717, 1.165) is 0 Å². The molecule has 3 aromatic rings. The van der Waals surface area contributed by atoms with Crippen LogP contribution in [0.1, 0.15) is 10.4 Å². The lowest BCUT2D eigenvalue weighted by atomic mass is 10.2. The van der Waals surface area contributed by atoms with Crippen LogP contribution in [-0.4, -0.2) is 32.8 Å². The molecule has 20 heavy (non-hydrogen) atoms. The first kappa shape index (κ1) is 12.2. The van der Waals surface area contributed by atoms with Crippen molar-refractivity contribution in [2.45, 2.75) is 0 Å². The quantitative estimate of drug-likeness (QED) is 0.719. The van der Waals surface area contributed by atoms with Crippen molar-refractivity contribution in [1.29, 1.82) is 0 Å². The molecule has 0 saturated heterocycles. The molecule has 2 heterocycles. The van der Waals surface area contributed by atoms with Gasteiger partial charge in [-0.2, -0.15) is 0 Å². The van der Waals surface area contributed by atoms with Crippen molar-refractivity contribution in [3.63, 3.8) is 0 Å².